The summed E-state index contributed by atoms with van der Waals surface area (Å²) in [5.41, 5.74) is 9.22. The van der Waals surface area contributed by atoms with Crippen LogP contribution in [0.25, 0.3) is 33.4 Å². The molecule has 3 fully saturated rings. The molecule has 350 valence electrons. The highest BCUT2D eigenvalue weighted by molar-refractivity contribution is 7.10. The van der Waals surface area contributed by atoms with Crippen LogP contribution in [0, 0.1) is 11.3 Å². The maximum atomic E-state index is 14.7. The Morgan fingerprint density at radius 3 is 2.62 bits per heavy atom. The summed E-state index contributed by atoms with van der Waals surface area (Å²) in [7, 11) is 5.49. The van der Waals surface area contributed by atoms with Gasteiger partial charge in [0.1, 0.15) is 18.1 Å². The van der Waals surface area contributed by atoms with Gasteiger partial charge in [-0.25, -0.2) is 15.2 Å². The molecule has 65 heavy (non-hydrogen) atoms. The number of hydrogen-bond acceptors (Lipinski definition) is 11. The van der Waals surface area contributed by atoms with Gasteiger partial charge in [0.15, 0.2) is 0 Å². The Hall–Kier alpha value is -4.90. The van der Waals surface area contributed by atoms with Crippen molar-refractivity contribution in [3.05, 3.63) is 58.2 Å². The van der Waals surface area contributed by atoms with Crippen molar-refractivity contribution in [2.75, 3.05) is 54.0 Å². The highest BCUT2D eigenvalue weighted by Crippen LogP contribution is 2.43. The monoisotopic (exact) mass is 909 g/mol. The van der Waals surface area contributed by atoms with Crippen molar-refractivity contribution in [2.24, 2.45) is 11.3 Å². The number of nitrogens with zero attached hydrogens (tertiary/aromatic N) is 7. The summed E-state index contributed by atoms with van der Waals surface area (Å²) in [6.07, 6.45) is 6.23. The lowest BCUT2D eigenvalue weighted by molar-refractivity contribution is -0.155. The van der Waals surface area contributed by atoms with E-state index in [1.54, 1.807) is 25.3 Å². The molecule has 15 nitrogen and oxygen atoms in total. The number of thiazole rings is 1. The fourth-order valence-corrected chi connectivity index (χ4v) is 11.5. The smallest absolute Gasteiger partial charge is 0.324 e. The molecular formula is C49H67N9O6S. The molecule has 6 bridgehead atoms. The van der Waals surface area contributed by atoms with E-state index >= 15 is 0 Å². The van der Waals surface area contributed by atoms with Gasteiger partial charge in [0.25, 0.3) is 5.91 Å². The van der Waals surface area contributed by atoms with E-state index in [1.807, 2.05) is 37.1 Å². The van der Waals surface area contributed by atoms with E-state index < -0.39 is 35.4 Å². The van der Waals surface area contributed by atoms with E-state index in [9.17, 15) is 19.2 Å². The number of ether oxygens (including phenoxy) is 2. The third-order valence-corrected chi connectivity index (χ3v) is 15.0. The van der Waals surface area contributed by atoms with Crippen LogP contribution in [0.15, 0.2) is 41.9 Å². The standard InChI is InChI=1S/C49H67N9O6S/c1-10-56-39-17-16-32-24-34(39)35(43(56)33-14-11-20-50-41(33)31(4)63-9)26-48(5,6)29-64-46(61)36-15-12-22-58(53-36)45(60)37(25-40-51-38(32)27-65-40)52-44(59)42(30(2)3)55(8)47(62)57-23-19-49(57)18-13-21-54(7)28-49/h11,14,16-17,20,24,27,30-31,36-37,42,53H,10,12-13,15,18-19,21-23,25-26,28-29H2,1-9H3,(H,52,59)/t31-,36-,37-,42?,49+/m0/s1. The van der Waals surface area contributed by atoms with E-state index in [2.05, 4.69) is 72.3 Å². The Morgan fingerprint density at radius 2 is 1.91 bits per heavy atom. The minimum atomic E-state index is -1.04. The van der Waals surface area contributed by atoms with Gasteiger partial charge in [-0.05, 0) is 102 Å². The molecule has 5 atom stereocenters. The molecule has 16 heteroatoms. The van der Waals surface area contributed by atoms with Crippen LogP contribution in [0.5, 0.6) is 0 Å². The average molecular weight is 910 g/mol. The van der Waals surface area contributed by atoms with Gasteiger partial charge in [-0.1, -0.05) is 33.8 Å². The van der Waals surface area contributed by atoms with E-state index in [-0.39, 0.29) is 42.5 Å². The van der Waals surface area contributed by atoms with E-state index in [4.69, 9.17) is 19.4 Å². The molecule has 4 aromatic rings. The highest BCUT2D eigenvalue weighted by atomic mass is 32.1. The number of esters is 1. The fourth-order valence-electron chi connectivity index (χ4n) is 10.7. The van der Waals surface area contributed by atoms with Crippen molar-refractivity contribution in [1.82, 2.24) is 45.0 Å². The van der Waals surface area contributed by atoms with Gasteiger partial charge in [-0.15, -0.1) is 11.3 Å². The SMILES string of the molecule is CCn1c(-c2cccnc2[C@H](C)OC)c2c3cc(ccc31)-c1csc(n1)C[C@H](NC(=O)C(C(C)C)N(C)C(=O)N1CC[C@@]13CCCN(C)C3)C(=O)N1CCC[C@H](N1)C(=O)OCC(C)(C)C2. The lowest BCUT2D eigenvalue weighted by atomic mass is 9.78. The van der Waals surface area contributed by atoms with Crippen molar-refractivity contribution in [2.45, 2.75) is 123 Å². The number of carbonyl (C=O) groups excluding carboxylic acids is 4. The number of cyclic esters (lactones) is 1. The molecule has 1 aromatic carbocycles. The molecule has 4 amide bonds. The van der Waals surface area contributed by atoms with Crippen LogP contribution in [-0.2, 0) is 43.2 Å². The minimum Gasteiger partial charge on any atom is -0.464 e. The Bertz CT molecular complexity index is 2430. The van der Waals surface area contributed by atoms with E-state index in [1.165, 1.54) is 16.3 Å². The topological polar surface area (TPSA) is 154 Å². The molecule has 1 spiro atoms. The number of likely N-dealkylation sites (tertiary alicyclic amines) is 2. The van der Waals surface area contributed by atoms with Crippen LogP contribution in [0.2, 0.25) is 0 Å². The van der Waals surface area contributed by atoms with Crippen LogP contribution in [0.1, 0.15) is 96.0 Å². The van der Waals surface area contributed by atoms with E-state index in [0.29, 0.717) is 43.9 Å². The maximum absolute atomic E-state index is 14.7. The molecule has 0 radical (unpaired) electrons. The second-order valence-electron chi connectivity index (χ2n) is 19.8. The number of aromatic nitrogens is 3. The highest BCUT2D eigenvalue weighted by Gasteiger charge is 2.51. The number of nitrogens with one attached hydrogen (secondary N) is 2. The normalized spacial score (nSPS) is 23.8. The van der Waals surface area contributed by atoms with Gasteiger partial charge in [0, 0.05) is 85.8 Å². The lowest BCUT2D eigenvalue weighted by Gasteiger charge is -2.57. The van der Waals surface area contributed by atoms with E-state index in [0.717, 1.165) is 77.0 Å². The molecular weight excluding hydrogens is 843 g/mol. The first-order valence-electron chi connectivity index (χ1n) is 23.4. The van der Waals surface area contributed by atoms with Gasteiger partial charge in [-0.3, -0.25) is 24.4 Å². The first-order valence-corrected chi connectivity index (χ1v) is 24.3. The van der Waals surface area contributed by atoms with Crippen molar-refractivity contribution < 1.29 is 28.7 Å². The van der Waals surface area contributed by atoms with Crippen LogP contribution in [-0.4, -0.2) is 136 Å². The van der Waals surface area contributed by atoms with Crippen molar-refractivity contribution >= 4 is 46.1 Å². The first kappa shape index (κ1) is 46.6. The number of fused-ring (bicyclic) bond motifs is 6. The Labute approximate surface area is 387 Å². The number of urea groups is 1. The molecule has 3 saturated heterocycles. The number of likely N-dealkylation sites (N-methyl/N-ethyl adjacent to an activating group) is 2. The molecule has 1 unspecified atom stereocenters. The lowest BCUT2D eigenvalue weighted by Crippen LogP contribution is -2.71. The van der Waals surface area contributed by atoms with Gasteiger partial charge < -0.3 is 34.1 Å². The van der Waals surface area contributed by atoms with Gasteiger partial charge >= 0.3 is 12.0 Å². The second kappa shape index (κ2) is 18.8. The first-order chi connectivity index (χ1) is 31.0. The summed E-state index contributed by atoms with van der Waals surface area (Å²) in [4.78, 5) is 73.1. The zero-order chi connectivity index (χ0) is 46.4. The van der Waals surface area contributed by atoms with Crippen LogP contribution in [0.3, 0.4) is 0 Å². The second-order valence-corrected chi connectivity index (χ2v) is 20.8. The molecule has 0 aliphatic carbocycles. The zero-order valence-electron chi connectivity index (χ0n) is 39.6. The van der Waals surface area contributed by atoms with Crippen LogP contribution in [0.4, 0.5) is 4.79 Å². The van der Waals surface area contributed by atoms with Gasteiger partial charge in [0.2, 0.25) is 5.91 Å². The Kier molecular flexibility index (Phi) is 13.5. The predicted octanol–water partition coefficient (Wildman–Crippen LogP) is 6.45. The molecule has 8 rings (SSSR count). The average Bonchev–Trinajstić information content (AvgIpc) is 3.88. The molecule has 0 saturated carbocycles. The quantitative estimate of drug-likeness (QED) is 0.189. The number of pyridine rings is 1. The third-order valence-electron chi connectivity index (χ3n) is 14.1. The number of hydrogen-bond donors (Lipinski definition) is 2. The Balaban J connectivity index is 1.16. The number of carbonyl (C=O) groups is 4. The van der Waals surface area contributed by atoms with Crippen molar-refractivity contribution in [3.8, 4) is 22.5 Å². The summed E-state index contributed by atoms with van der Waals surface area (Å²) in [6, 6.07) is 7.69. The third kappa shape index (κ3) is 9.15. The molecule has 2 N–H and O–H groups in total. The maximum Gasteiger partial charge on any atom is 0.324 e. The number of piperidine rings is 1. The number of hydrazine groups is 1. The predicted molar refractivity (Wildman–Crippen MR) is 252 cm³/mol. The van der Waals surface area contributed by atoms with Crippen molar-refractivity contribution in [1.29, 1.82) is 0 Å². The number of rotatable bonds is 8. The zero-order valence-corrected chi connectivity index (χ0v) is 40.4. The van der Waals surface area contributed by atoms with Crippen LogP contribution < -0.4 is 10.7 Å². The number of methoxy groups -OCH3 is 1. The van der Waals surface area contributed by atoms with Crippen molar-refractivity contribution in [3.63, 3.8) is 0 Å². The summed E-state index contributed by atoms with van der Waals surface area (Å²) < 4.78 is 14.3. The number of amides is 4. The van der Waals surface area contributed by atoms with Crippen LogP contribution >= 0.6 is 11.3 Å². The largest absolute Gasteiger partial charge is 0.464 e. The van der Waals surface area contributed by atoms with Gasteiger partial charge in [-0.2, -0.15) is 0 Å². The Morgan fingerprint density at radius 1 is 1.11 bits per heavy atom. The number of benzene rings is 1. The molecule has 7 heterocycles. The summed E-state index contributed by atoms with van der Waals surface area (Å²) in [5.74, 6) is -1.47. The van der Waals surface area contributed by atoms with Gasteiger partial charge in [0.05, 0.1) is 40.3 Å². The minimum absolute atomic E-state index is 0.117. The molecule has 3 aromatic heterocycles. The molecule has 4 aliphatic rings. The summed E-state index contributed by atoms with van der Waals surface area (Å²) >= 11 is 1.44. The summed E-state index contributed by atoms with van der Waals surface area (Å²) in [5, 5.41) is 8.29. The summed E-state index contributed by atoms with van der Waals surface area (Å²) in [6.45, 7) is 15.9. The fraction of sp³-hybridized carbons (Fsp3) is 0.592. The number of aryl methyl sites for hydroxylation is 1. The molecule has 4 aliphatic heterocycles.